The average Bonchev–Trinajstić information content (AvgIpc) is 2.75. The van der Waals surface area contributed by atoms with Gasteiger partial charge < -0.3 is 5.32 Å². The number of nitrogens with one attached hydrogen (secondary N) is 1. The lowest BCUT2D eigenvalue weighted by Gasteiger charge is -2.03. The molecule has 0 bridgehead atoms. The summed E-state index contributed by atoms with van der Waals surface area (Å²) in [5, 5.41) is 7.88. The molecule has 2 aromatic rings. The Hall–Kier alpha value is -1.20. The second kappa shape index (κ2) is 6.99. The maximum absolute atomic E-state index is 13.2. The number of nitrogens with zero attached hydrogens (tertiary/aromatic N) is 2. The topological polar surface area (TPSA) is 29.9 Å². The molecule has 0 saturated carbocycles. The van der Waals surface area contributed by atoms with Crippen molar-refractivity contribution in [2.45, 2.75) is 33.4 Å². The number of rotatable bonds is 6. The summed E-state index contributed by atoms with van der Waals surface area (Å²) in [4.78, 5) is 0. The minimum atomic E-state index is -0.241. The van der Waals surface area contributed by atoms with Crippen molar-refractivity contribution in [1.82, 2.24) is 15.1 Å². The van der Waals surface area contributed by atoms with E-state index in [2.05, 4.69) is 39.5 Å². The summed E-state index contributed by atoms with van der Waals surface area (Å²) in [5.41, 5.74) is 3.27. The second-order valence-corrected chi connectivity index (χ2v) is 5.72. The molecule has 0 unspecified atom stereocenters. The Kier molecular flexibility index (Phi) is 5.31. The van der Waals surface area contributed by atoms with Gasteiger partial charge in [-0.2, -0.15) is 5.10 Å². The highest BCUT2D eigenvalue weighted by molar-refractivity contribution is 9.10. The van der Waals surface area contributed by atoms with Crippen molar-refractivity contribution in [2.75, 3.05) is 6.54 Å². The van der Waals surface area contributed by atoms with Crippen LogP contribution in [-0.4, -0.2) is 16.3 Å². The molecule has 0 spiro atoms. The van der Waals surface area contributed by atoms with E-state index in [0.717, 1.165) is 30.8 Å². The van der Waals surface area contributed by atoms with Crippen LogP contribution >= 0.6 is 15.9 Å². The summed E-state index contributed by atoms with van der Waals surface area (Å²) in [6, 6.07) is 5.05. The molecule has 20 heavy (non-hydrogen) atoms. The second-order valence-electron chi connectivity index (χ2n) is 4.86. The van der Waals surface area contributed by atoms with Gasteiger partial charge in [-0.15, -0.1) is 0 Å². The first-order valence-electron chi connectivity index (χ1n) is 6.77. The summed E-state index contributed by atoms with van der Waals surface area (Å²) >= 11 is 3.21. The highest BCUT2D eigenvalue weighted by Crippen LogP contribution is 2.17. The Morgan fingerprint density at radius 3 is 2.90 bits per heavy atom. The fourth-order valence-corrected chi connectivity index (χ4v) is 2.46. The van der Waals surface area contributed by atoms with E-state index in [-0.39, 0.29) is 5.82 Å². The molecule has 0 saturated heterocycles. The molecule has 5 heteroatoms. The van der Waals surface area contributed by atoms with Crippen LogP contribution in [0.2, 0.25) is 0 Å². The molecule has 1 heterocycles. The van der Waals surface area contributed by atoms with E-state index in [1.807, 2.05) is 11.6 Å². The number of aromatic nitrogens is 2. The van der Waals surface area contributed by atoms with Crippen LogP contribution in [0.4, 0.5) is 4.39 Å². The molecule has 1 aromatic carbocycles. The van der Waals surface area contributed by atoms with E-state index in [1.165, 1.54) is 11.6 Å². The van der Waals surface area contributed by atoms with Crippen LogP contribution in [0.3, 0.4) is 0 Å². The van der Waals surface area contributed by atoms with E-state index >= 15 is 0 Å². The monoisotopic (exact) mass is 339 g/mol. The van der Waals surface area contributed by atoms with Crippen molar-refractivity contribution < 1.29 is 4.39 Å². The molecular formula is C15H19BrFN3. The van der Waals surface area contributed by atoms with Gasteiger partial charge in [0, 0.05) is 18.3 Å². The predicted octanol–water partition coefficient (Wildman–Crippen LogP) is 3.64. The summed E-state index contributed by atoms with van der Waals surface area (Å²) in [5.74, 6) is -0.241. The van der Waals surface area contributed by atoms with Crippen LogP contribution in [0, 0.1) is 12.7 Å². The zero-order valence-electron chi connectivity index (χ0n) is 11.8. The third-order valence-corrected chi connectivity index (χ3v) is 3.73. The molecule has 0 fully saturated rings. The summed E-state index contributed by atoms with van der Waals surface area (Å²) in [6.45, 7) is 6.66. The fraction of sp³-hybridized carbons (Fsp3) is 0.400. The number of hydrogen-bond acceptors (Lipinski definition) is 2. The van der Waals surface area contributed by atoms with Gasteiger partial charge in [-0.1, -0.05) is 13.0 Å². The number of benzene rings is 1. The van der Waals surface area contributed by atoms with E-state index in [0.29, 0.717) is 11.0 Å². The van der Waals surface area contributed by atoms with Crippen molar-refractivity contribution in [3.05, 3.63) is 51.5 Å². The molecule has 0 amide bonds. The highest BCUT2D eigenvalue weighted by Gasteiger charge is 2.06. The van der Waals surface area contributed by atoms with Crippen molar-refractivity contribution in [2.24, 2.45) is 0 Å². The van der Waals surface area contributed by atoms with Crippen LogP contribution in [0.5, 0.6) is 0 Å². The van der Waals surface area contributed by atoms with Crippen LogP contribution in [0.25, 0.3) is 0 Å². The van der Waals surface area contributed by atoms with Crippen LogP contribution in [0.1, 0.15) is 30.2 Å². The lowest BCUT2D eigenvalue weighted by Crippen LogP contribution is -2.13. The summed E-state index contributed by atoms with van der Waals surface area (Å²) in [6.07, 6.45) is 3.17. The van der Waals surface area contributed by atoms with Gasteiger partial charge in [0.15, 0.2) is 0 Å². The highest BCUT2D eigenvalue weighted by atomic mass is 79.9. The SMILES string of the molecule is CCCNCc1cn(Cc2ccc(F)c(Br)c2)nc1C. The van der Waals surface area contributed by atoms with Gasteiger partial charge in [0.25, 0.3) is 0 Å². The number of aryl methyl sites for hydroxylation is 1. The van der Waals surface area contributed by atoms with Crippen LogP contribution < -0.4 is 5.32 Å². The van der Waals surface area contributed by atoms with Crippen molar-refractivity contribution >= 4 is 15.9 Å². The van der Waals surface area contributed by atoms with E-state index in [9.17, 15) is 4.39 Å². The zero-order valence-corrected chi connectivity index (χ0v) is 13.4. The molecule has 2 rings (SSSR count). The Morgan fingerprint density at radius 1 is 1.40 bits per heavy atom. The number of halogens is 2. The summed E-state index contributed by atoms with van der Waals surface area (Å²) < 4.78 is 15.6. The molecule has 0 aliphatic rings. The van der Waals surface area contributed by atoms with E-state index in [4.69, 9.17) is 0 Å². The molecule has 1 N–H and O–H groups in total. The van der Waals surface area contributed by atoms with Gasteiger partial charge in [0.1, 0.15) is 5.82 Å². The van der Waals surface area contributed by atoms with Gasteiger partial charge >= 0.3 is 0 Å². The van der Waals surface area contributed by atoms with Gasteiger partial charge in [0.2, 0.25) is 0 Å². The molecule has 1 aromatic heterocycles. The standard InChI is InChI=1S/C15H19BrFN3/c1-3-6-18-8-13-10-20(19-11(13)2)9-12-4-5-15(17)14(16)7-12/h4-5,7,10,18H,3,6,8-9H2,1-2H3. The molecular weight excluding hydrogens is 321 g/mol. The van der Waals surface area contributed by atoms with E-state index < -0.39 is 0 Å². The first-order valence-corrected chi connectivity index (χ1v) is 7.57. The average molecular weight is 340 g/mol. The molecule has 0 radical (unpaired) electrons. The summed E-state index contributed by atoms with van der Waals surface area (Å²) in [7, 11) is 0. The Labute approximate surface area is 127 Å². The maximum atomic E-state index is 13.2. The zero-order chi connectivity index (χ0) is 14.5. The third-order valence-electron chi connectivity index (χ3n) is 3.12. The Balaban J connectivity index is 2.05. The quantitative estimate of drug-likeness (QED) is 0.814. The third kappa shape index (κ3) is 3.90. The molecule has 0 aliphatic carbocycles. The molecule has 0 atom stereocenters. The minimum Gasteiger partial charge on any atom is -0.313 e. The van der Waals surface area contributed by atoms with Gasteiger partial charge in [0.05, 0.1) is 16.7 Å². The largest absolute Gasteiger partial charge is 0.313 e. The minimum absolute atomic E-state index is 0.241. The predicted molar refractivity (Wildman–Crippen MR) is 82.2 cm³/mol. The van der Waals surface area contributed by atoms with Crippen molar-refractivity contribution in [3.63, 3.8) is 0 Å². The van der Waals surface area contributed by atoms with Crippen LogP contribution in [-0.2, 0) is 13.1 Å². The lowest BCUT2D eigenvalue weighted by atomic mass is 10.2. The molecule has 108 valence electrons. The van der Waals surface area contributed by atoms with E-state index in [1.54, 1.807) is 12.1 Å². The number of hydrogen-bond donors (Lipinski definition) is 1. The molecule has 3 nitrogen and oxygen atoms in total. The Morgan fingerprint density at radius 2 is 2.20 bits per heavy atom. The van der Waals surface area contributed by atoms with Gasteiger partial charge in [-0.3, -0.25) is 4.68 Å². The van der Waals surface area contributed by atoms with Crippen molar-refractivity contribution in [1.29, 1.82) is 0 Å². The first kappa shape index (κ1) is 15.2. The first-order chi connectivity index (χ1) is 9.60. The normalized spacial score (nSPS) is 11.0. The Bertz CT molecular complexity index is 580. The van der Waals surface area contributed by atoms with Gasteiger partial charge in [-0.05, 0) is 53.5 Å². The smallest absolute Gasteiger partial charge is 0.137 e. The fourth-order valence-electron chi connectivity index (χ4n) is 2.04. The molecule has 0 aliphatic heterocycles. The van der Waals surface area contributed by atoms with Crippen molar-refractivity contribution in [3.8, 4) is 0 Å². The van der Waals surface area contributed by atoms with Crippen LogP contribution in [0.15, 0.2) is 28.9 Å². The van der Waals surface area contributed by atoms with Gasteiger partial charge in [-0.25, -0.2) is 4.39 Å². The maximum Gasteiger partial charge on any atom is 0.137 e. The lowest BCUT2D eigenvalue weighted by molar-refractivity contribution is 0.617.